The minimum atomic E-state index is 0.636. The van der Waals surface area contributed by atoms with Crippen LogP contribution in [0.2, 0.25) is 5.02 Å². The first kappa shape index (κ1) is 13.8. The average Bonchev–Trinajstić information content (AvgIpc) is 2.67. The van der Waals surface area contributed by atoms with Gasteiger partial charge >= 0.3 is 0 Å². The van der Waals surface area contributed by atoms with Crippen molar-refractivity contribution in [1.29, 1.82) is 0 Å². The molecule has 0 bridgehead atoms. The summed E-state index contributed by atoms with van der Waals surface area (Å²) >= 11 is 6.27. The molecule has 1 unspecified atom stereocenters. The molecule has 1 N–H and O–H groups in total. The van der Waals surface area contributed by atoms with Crippen molar-refractivity contribution in [2.75, 3.05) is 19.8 Å². The maximum absolute atomic E-state index is 6.27. The third-order valence-corrected chi connectivity index (χ3v) is 3.92. The highest BCUT2D eigenvalue weighted by atomic mass is 35.5. The lowest BCUT2D eigenvalue weighted by Crippen LogP contribution is -2.29. The molecule has 102 valence electrons. The Morgan fingerprint density at radius 3 is 3.06 bits per heavy atom. The molecule has 2 heterocycles. The molecule has 5 heteroatoms. The normalized spacial score (nSPS) is 20.3. The molecule has 1 aliphatic heterocycles. The fourth-order valence-electron chi connectivity index (χ4n) is 2.40. The van der Waals surface area contributed by atoms with Gasteiger partial charge in [-0.05, 0) is 32.6 Å². The Hall–Kier alpha value is -0.580. The molecule has 0 aromatic carbocycles. The van der Waals surface area contributed by atoms with E-state index in [0.29, 0.717) is 5.92 Å². The topological polar surface area (TPSA) is 39.1 Å². The van der Waals surface area contributed by atoms with E-state index in [-0.39, 0.29) is 0 Å². The molecule has 0 amide bonds. The van der Waals surface area contributed by atoms with E-state index in [1.165, 1.54) is 12.8 Å². The van der Waals surface area contributed by atoms with Crippen LogP contribution in [0.5, 0.6) is 0 Å². The van der Waals surface area contributed by atoms with Gasteiger partial charge in [0, 0.05) is 26.2 Å². The highest BCUT2D eigenvalue weighted by Gasteiger charge is 2.15. The molecule has 1 saturated heterocycles. The first-order chi connectivity index (χ1) is 8.72. The Labute approximate surface area is 114 Å². The number of aromatic nitrogens is 2. The van der Waals surface area contributed by atoms with Gasteiger partial charge in [-0.25, -0.2) is 0 Å². The highest BCUT2D eigenvalue weighted by molar-refractivity contribution is 6.31. The lowest BCUT2D eigenvalue weighted by molar-refractivity contribution is 0.0547. The lowest BCUT2D eigenvalue weighted by atomic mass is 10.0. The number of hydrogen-bond acceptors (Lipinski definition) is 3. The van der Waals surface area contributed by atoms with Crippen molar-refractivity contribution >= 4 is 11.6 Å². The van der Waals surface area contributed by atoms with Gasteiger partial charge in [-0.2, -0.15) is 5.10 Å². The zero-order valence-electron chi connectivity index (χ0n) is 11.2. The summed E-state index contributed by atoms with van der Waals surface area (Å²) < 4.78 is 7.45. The summed E-state index contributed by atoms with van der Waals surface area (Å²) in [6, 6.07) is 0. The van der Waals surface area contributed by atoms with Crippen molar-refractivity contribution in [3.8, 4) is 0 Å². The molecular weight excluding hydrogens is 250 g/mol. The van der Waals surface area contributed by atoms with Crippen LogP contribution in [0.3, 0.4) is 0 Å². The third kappa shape index (κ3) is 3.25. The molecule has 0 saturated carbocycles. The van der Waals surface area contributed by atoms with Crippen LogP contribution in [0.25, 0.3) is 0 Å². The molecule has 1 aromatic heterocycles. The molecular formula is C13H22ClN3O. The molecule has 1 aliphatic rings. The number of halogens is 1. The SMILES string of the molecule is CCn1nc(C)c(Cl)c1CNCC1CCCOC1. The Morgan fingerprint density at radius 2 is 2.39 bits per heavy atom. The standard InChI is InChI=1S/C13H22ClN3O/c1-3-17-12(13(14)10(2)16-17)8-15-7-11-5-4-6-18-9-11/h11,15H,3-9H2,1-2H3. The monoisotopic (exact) mass is 271 g/mol. The van der Waals surface area contributed by atoms with Crippen LogP contribution in [0.15, 0.2) is 0 Å². The fraction of sp³-hybridized carbons (Fsp3) is 0.769. The summed E-state index contributed by atoms with van der Waals surface area (Å²) in [6.45, 7) is 8.47. The van der Waals surface area contributed by atoms with Crippen molar-refractivity contribution in [3.63, 3.8) is 0 Å². The first-order valence-electron chi connectivity index (χ1n) is 6.72. The maximum Gasteiger partial charge on any atom is 0.0860 e. The quantitative estimate of drug-likeness (QED) is 0.894. The van der Waals surface area contributed by atoms with E-state index in [1.807, 2.05) is 11.6 Å². The first-order valence-corrected chi connectivity index (χ1v) is 7.10. The van der Waals surface area contributed by atoms with Crippen LogP contribution in [-0.2, 0) is 17.8 Å². The van der Waals surface area contributed by atoms with Crippen LogP contribution in [0.1, 0.15) is 31.2 Å². The van der Waals surface area contributed by atoms with Crippen molar-refractivity contribution in [3.05, 3.63) is 16.4 Å². The van der Waals surface area contributed by atoms with Gasteiger partial charge in [0.05, 0.1) is 23.0 Å². The van der Waals surface area contributed by atoms with E-state index in [0.717, 1.165) is 49.3 Å². The minimum absolute atomic E-state index is 0.636. The second-order valence-electron chi connectivity index (χ2n) is 4.88. The van der Waals surface area contributed by atoms with Gasteiger partial charge in [0.2, 0.25) is 0 Å². The highest BCUT2D eigenvalue weighted by Crippen LogP contribution is 2.20. The summed E-state index contributed by atoms with van der Waals surface area (Å²) in [6.07, 6.45) is 2.44. The largest absolute Gasteiger partial charge is 0.381 e. The molecule has 0 radical (unpaired) electrons. The fourth-order valence-corrected chi connectivity index (χ4v) is 2.60. The van der Waals surface area contributed by atoms with E-state index in [2.05, 4.69) is 17.3 Å². The molecule has 4 nitrogen and oxygen atoms in total. The van der Waals surface area contributed by atoms with Crippen LogP contribution in [0, 0.1) is 12.8 Å². The molecule has 1 aromatic rings. The van der Waals surface area contributed by atoms with E-state index in [1.54, 1.807) is 0 Å². The van der Waals surface area contributed by atoms with Crippen LogP contribution in [0.4, 0.5) is 0 Å². The van der Waals surface area contributed by atoms with Crippen LogP contribution in [-0.4, -0.2) is 29.5 Å². The van der Waals surface area contributed by atoms with Gasteiger partial charge in [-0.3, -0.25) is 4.68 Å². The van der Waals surface area contributed by atoms with Gasteiger partial charge in [0.25, 0.3) is 0 Å². The Bertz CT molecular complexity index is 386. The molecule has 2 rings (SSSR count). The second kappa shape index (κ2) is 6.55. The van der Waals surface area contributed by atoms with Gasteiger partial charge in [-0.15, -0.1) is 0 Å². The summed E-state index contributed by atoms with van der Waals surface area (Å²) in [5, 5.41) is 8.68. The average molecular weight is 272 g/mol. The molecule has 0 aliphatic carbocycles. The number of aryl methyl sites for hydroxylation is 2. The zero-order chi connectivity index (χ0) is 13.0. The van der Waals surface area contributed by atoms with E-state index < -0.39 is 0 Å². The smallest absolute Gasteiger partial charge is 0.0860 e. The Balaban J connectivity index is 1.85. The van der Waals surface area contributed by atoms with Gasteiger partial charge in [-0.1, -0.05) is 11.6 Å². The summed E-state index contributed by atoms with van der Waals surface area (Å²) in [4.78, 5) is 0. The Kier molecular flexibility index (Phi) is 5.03. The molecule has 1 fully saturated rings. The lowest BCUT2D eigenvalue weighted by Gasteiger charge is -2.22. The summed E-state index contributed by atoms with van der Waals surface area (Å²) in [5.41, 5.74) is 2.00. The molecule has 1 atom stereocenters. The van der Waals surface area contributed by atoms with Crippen LogP contribution >= 0.6 is 11.6 Å². The van der Waals surface area contributed by atoms with E-state index >= 15 is 0 Å². The Morgan fingerprint density at radius 1 is 1.56 bits per heavy atom. The summed E-state index contributed by atoms with van der Waals surface area (Å²) in [7, 11) is 0. The number of nitrogens with zero attached hydrogens (tertiary/aromatic N) is 2. The number of nitrogens with one attached hydrogen (secondary N) is 1. The number of hydrogen-bond donors (Lipinski definition) is 1. The van der Waals surface area contributed by atoms with Gasteiger partial charge in [0.15, 0.2) is 0 Å². The zero-order valence-corrected chi connectivity index (χ0v) is 12.0. The maximum atomic E-state index is 6.27. The molecule has 18 heavy (non-hydrogen) atoms. The number of ether oxygens (including phenoxy) is 1. The predicted molar refractivity (Wildman–Crippen MR) is 72.9 cm³/mol. The van der Waals surface area contributed by atoms with Gasteiger partial charge < -0.3 is 10.1 Å². The van der Waals surface area contributed by atoms with E-state index in [9.17, 15) is 0 Å². The van der Waals surface area contributed by atoms with Gasteiger partial charge in [0.1, 0.15) is 0 Å². The van der Waals surface area contributed by atoms with Crippen molar-refractivity contribution in [1.82, 2.24) is 15.1 Å². The van der Waals surface area contributed by atoms with Crippen molar-refractivity contribution in [2.24, 2.45) is 5.92 Å². The minimum Gasteiger partial charge on any atom is -0.381 e. The predicted octanol–water partition coefficient (Wildman–Crippen LogP) is 2.38. The van der Waals surface area contributed by atoms with Crippen molar-refractivity contribution in [2.45, 2.75) is 39.8 Å². The van der Waals surface area contributed by atoms with Crippen molar-refractivity contribution < 1.29 is 4.74 Å². The third-order valence-electron chi connectivity index (χ3n) is 3.43. The summed E-state index contributed by atoms with van der Waals surface area (Å²) in [5.74, 6) is 0.636. The van der Waals surface area contributed by atoms with Crippen LogP contribution < -0.4 is 5.32 Å². The molecule has 0 spiro atoms. The second-order valence-corrected chi connectivity index (χ2v) is 5.25. The van der Waals surface area contributed by atoms with E-state index in [4.69, 9.17) is 16.3 Å². The number of rotatable bonds is 5.